The number of nitrogens with zero attached hydrogens (tertiary/aromatic N) is 3. The fraction of sp³-hybridized carbons (Fsp3) is 0.316. The molecule has 5 nitrogen and oxygen atoms in total. The monoisotopic (exact) mass is 388 g/mol. The van der Waals surface area contributed by atoms with E-state index in [0.717, 1.165) is 6.92 Å². The van der Waals surface area contributed by atoms with Gasteiger partial charge in [0.05, 0.1) is 5.92 Å². The van der Waals surface area contributed by atoms with Crippen LogP contribution in [0.5, 0.6) is 0 Å². The van der Waals surface area contributed by atoms with Crippen LogP contribution in [0, 0.1) is 11.3 Å². The Balaban J connectivity index is 2.21. The maximum atomic E-state index is 13.8. The first-order chi connectivity index (χ1) is 12.6. The Labute approximate surface area is 159 Å². The van der Waals surface area contributed by atoms with Crippen molar-refractivity contribution in [2.45, 2.75) is 31.2 Å². The maximum Gasteiger partial charge on any atom is 0.270 e. The van der Waals surface area contributed by atoms with Gasteiger partial charge in [-0.3, -0.25) is 9.69 Å². The largest absolute Gasteiger partial charge is 0.369 e. The summed E-state index contributed by atoms with van der Waals surface area (Å²) in [5, 5.41) is 9.13. The summed E-state index contributed by atoms with van der Waals surface area (Å²) in [6.07, 6.45) is 0. The Morgan fingerprint density at radius 3 is 2.67 bits per heavy atom. The Morgan fingerprint density at radius 2 is 2.07 bits per heavy atom. The molecular formula is C19H18F2N4OS. The summed E-state index contributed by atoms with van der Waals surface area (Å²) >= 11 is 1.21. The van der Waals surface area contributed by atoms with Crippen molar-refractivity contribution in [3.63, 3.8) is 0 Å². The SMILES string of the molecule is CN1C(=O)[C@@H](c2cccc(C(C)(F)F)c2)[C@@](C)(c2ccc(C#N)s2)N=C1N. The van der Waals surface area contributed by atoms with Crippen LogP contribution in [0.1, 0.15) is 40.6 Å². The molecule has 1 aliphatic rings. The number of hydrogen-bond acceptors (Lipinski definition) is 5. The standard InChI is InChI=1S/C19H18F2N4OS/c1-18(14-8-7-13(10-22)27-14)15(16(26)25(3)17(23)24-18)11-5-4-6-12(9-11)19(2,20)21/h4-9,15H,1-3H3,(H2,23,24)/t15-,18-/m1/s1. The topological polar surface area (TPSA) is 82.5 Å². The Kier molecular flexibility index (Phi) is 4.52. The first kappa shape index (κ1) is 19.0. The van der Waals surface area contributed by atoms with Crippen LogP contribution in [0.15, 0.2) is 41.4 Å². The Bertz CT molecular complexity index is 973. The zero-order valence-electron chi connectivity index (χ0n) is 15.0. The highest BCUT2D eigenvalue weighted by molar-refractivity contribution is 7.12. The summed E-state index contributed by atoms with van der Waals surface area (Å²) in [6, 6.07) is 11.2. The fourth-order valence-corrected chi connectivity index (χ4v) is 4.18. The lowest BCUT2D eigenvalue weighted by Crippen LogP contribution is -2.52. The molecule has 0 saturated heterocycles. The number of amides is 1. The normalized spacial score (nSPS) is 23.1. The van der Waals surface area contributed by atoms with Gasteiger partial charge in [-0.1, -0.05) is 18.2 Å². The highest BCUT2D eigenvalue weighted by atomic mass is 32.1. The van der Waals surface area contributed by atoms with Crippen LogP contribution in [-0.4, -0.2) is 23.8 Å². The highest BCUT2D eigenvalue weighted by Gasteiger charge is 2.48. The van der Waals surface area contributed by atoms with E-state index in [4.69, 9.17) is 11.0 Å². The molecular weight excluding hydrogens is 370 g/mol. The molecule has 1 aliphatic heterocycles. The molecule has 2 heterocycles. The van der Waals surface area contributed by atoms with Crippen LogP contribution in [0.25, 0.3) is 0 Å². The number of thiophene rings is 1. The van der Waals surface area contributed by atoms with Crippen LogP contribution in [0.2, 0.25) is 0 Å². The second-order valence-corrected chi connectivity index (χ2v) is 7.82. The van der Waals surface area contributed by atoms with Crippen LogP contribution in [-0.2, 0) is 16.3 Å². The average molecular weight is 388 g/mol. The van der Waals surface area contributed by atoms with Crippen LogP contribution in [0.3, 0.4) is 0 Å². The van der Waals surface area contributed by atoms with Gasteiger partial charge >= 0.3 is 0 Å². The van der Waals surface area contributed by atoms with Crippen molar-refractivity contribution < 1.29 is 13.6 Å². The number of rotatable bonds is 3. The van der Waals surface area contributed by atoms with Crippen molar-refractivity contribution in [3.05, 3.63) is 57.3 Å². The quantitative estimate of drug-likeness (QED) is 0.873. The lowest BCUT2D eigenvalue weighted by Gasteiger charge is -2.40. The molecule has 8 heteroatoms. The number of benzene rings is 1. The van der Waals surface area contributed by atoms with Gasteiger partial charge < -0.3 is 5.73 Å². The van der Waals surface area contributed by atoms with Gasteiger partial charge in [0.25, 0.3) is 5.92 Å². The minimum Gasteiger partial charge on any atom is -0.369 e. The molecule has 0 bridgehead atoms. The molecule has 1 aromatic carbocycles. The second kappa shape index (κ2) is 6.43. The van der Waals surface area contributed by atoms with Gasteiger partial charge in [0.1, 0.15) is 16.5 Å². The van der Waals surface area contributed by atoms with Crippen molar-refractivity contribution in [2.75, 3.05) is 7.05 Å². The van der Waals surface area contributed by atoms with E-state index in [1.807, 2.05) is 0 Å². The molecule has 0 saturated carbocycles. The number of halogens is 2. The van der Waals surface area contributed by atoms with Gasteiger partial charge in [-0.25, -0.2) is 13.8 Å². The molecule has 0 unspecified atom stereocenters. The molecule has 0 spiro atoms. The van der Waals surface area contributed by atoms with Gasteiger partial charge in [-0.2, -0.15) is 5.26 Å². The zero-order valence-corrected chi connectivity index (χ0v) is 15.8. The third-order valence-electron chi connectivity index (χ3n) is 4.77. The van der Waals surface area contributed by atoms with E-state index in [2.05, 4.69) is 11.1 Å². The molecule has 0 aliphatic carbocycles. The van der Waals surface area contributed by atoms with Crippen molar-refractivity contribution in [1.82, 2.24) is 4.90 Å². The lowest BCUT2D eigenvalue weighted by atomic mass is 9.77. The van der Waals surface area contributed by atoms with Gasteiger partial charge in [-0.05, 0) is 30.7 Å². The molecule has 2 aromatic rings. The Hall–Kier alpha value is -2.79. The maximum absolute atomic E-state index is 13.8. The summed E-state index contributed by atoms with van der Waals surface area (Å²) < 4.78 is 27.7. The average Bonchev–Trinajstić information content (AvgIpc) is 3.09. The number of alkyl halides is 2. The number of guanidine groups is 1. The Morgan fingerprint density at radius 1 is 1.37 bits per heavy atom. The van der Waals surface area contributed by atoms with E-state index >= 15 is 0 Å². The number of carbonyl (C=O) groups excluding carboxylic acids is 1. The predicted molar refractivity (Wildman–Crippen MR) is 99.5 cm³/mol. The smallest absolute Gasteiger partial charge is 0.270 e. The van der Waals surface area contributed by atoms with Crippen molar-refractivity contribution >= 4 is 23.2 Å². The summed E-state index contributed by atoms with van der Waals surface area (Å²) in [6.45, 7) is 2.55. The van der Waals surface area contributed by atoms with Gasteiger partial charge in [0, 0.05) is 24.4 Å². The van der Waals surface area contributed by atoms with E-state index in [0.29, 0.717) is 15.3 Å². The van der Waals surface area contributed by atoms with Gasteiger partial charge in [0.15, 0.2) is 5.96 Å². The number of nitriles is 1. The minimum absolute atomic E-state index is 0.0441. The van der Waals surface area contributed by atoms with Crippen LogP contribution >= 0.6 is 11.3 Å². The number of likely N-dealkylation sites (N-methyl/N-ethyl adjacent to an activating group) is 1. The van der Waals surface area contributed by atoms with Crippen molar-refractivity contribution in [1.29, 1.82) is 5.26 Å². The summed E-state index contributed by atoms with van der Waals surface area (Å²) in [7, 11) is 1.50. The third-order valence-corrected chi connectivity index (χ3v) is 5.99. The van der Waals surface area contributed by atoms with Crippen molar-refractivity contribution in [3.8, 4) is 6.07 Å². The molecule has 27 heavy (non-hydrogen) atoms. The van der Waals surface area contributed by atoms with E-state index in [9.17, 15) is 13.6 Å². The summed E-state index contributed by atoms with van der Waals surface area (Å²) in [5.74, 6) is -4.17. The molecule has 140 valence electrons. The second-order valence-electron chi connectivity index (χ2n) is 6.74. The van der Waals surface area contributed by atoms with Crippen LogP contribution < -0.4 is 5.73 Å². The molecule has 0 fully saturated rings. The fourth-order valence-electron chi connectivity index (χ4n) is 3.25. The number of carbonyl (C=O) groups is 1. The molecule has 1 aromatic heterocycles. The van der Waals surface area contributed by atoms with E-state index in [1.54, 1.807) is 25.1 Å². The number of hydrogen-bond donors (Lipinski definition) is 1. The molecule has 3 rings (SSSR count). The predicted octanol–water partition coefficient (Wildman–Crippen LogP) is 3.52. The van der Waals surface area contributed by atoms with Crippen molar-refractivity contribution in [2.24, 2.45) is 10.7 Å². The van der Waals surface area contributed by atoms with E-state index in [1.165, 1.54) is 41.5 Å². The highest BCUT2D eigenvalue weighted by Crippen LogP contribution is 2.46. The third kappa shape index (κ3) is 3.19. The minimum atomic E-state index is -3.03. The van der Waals surface area contributed by atoms with Crippen LogP contribution in [0.4, 0.5) is 8.78 Å². The van der Waals surface area contributed by atoms with Gasteiger partial charge in [0.2, 0.25) is 5.91 Å². The first-order valence-corrected chi connectivity index (χ1v) is 9.01. The summed E-state index contributed by atoms with van der Waals surface area (Å²) in [5.41, 5.74) is 5.08. The molecule has 1 amide bonds. The number of nitrogens with two attached hydrogens (primary N) is 1. The van der Waals surface area contributed by atoms with Gasteiger partial charge in [-0.15, -0.1) is 11.3 Å². The molecule has 2 atom stereocenters. The zero-order chi connectivity index (χ0) is 20.0. The molecule has 2 N–H and O–H groups in total. The van der Waals surface area contributed by atoms with E-state index < -0.39 is 17.4 Å². The number of aliphatic imine (C=N–C) groups is 1. The summed E-state index contributed by atoms with van der Waals surface area (Å²) in [4.78, 5) is 20.0. The lowest BCUT2D eigenvalue weighted by molar-refractivity contribution is -0.130. The molecule has 0 radical (unpaired) electrons. The first-order valence-electron chi connectivity index (χ1n) is 8.19. The van der Waals surface area contributed by atoms with E-state index in [-0.39, 0.29) is 17.4 Å².